The molecule has 1 saturated heterocycles. The van der Waals surface area contributed by atoms with Gasteiger partial charge in [0, 0.05) is 18.8 Å². The van der Waals surface area contributed by atoms with E-state index in [2.05, 4.69) is 10.1 Å². The number of alkyl carbamates (subject to hydrolysis) is 1. The lowest BCUT2D eigenvalue weighted by molar-refractivity contribution is -0.274. The molecule has 1 saturated carbocycles. The molecule has 0 atom stereocenters. The Balaban J connectivity index is 1.27. The number of hydrogen-bond donors (Lipinski definition) is 1. The monoisotopic (exact) mass is 480 g/mol. The Morgan fingerprint density at radius 3 is 2.29 bits per heavy atom. The van der Waals surface area contributed by atoms with Crippen LogP contribution >= 0.6 is 0 Å². The predicted molar refractivity (Wildman–Crippen MR) is 115 cm³/mol. The third kappa shape index (κ3) is 5.60. The van der Waals surface area contributed by atoms with Gasteiger partial charge in [-0.1, -0.05) is 12.1 Å². The van der Waals surface area contributed by atoms with Crippen LogP contribution in [0.1, 0.15) is 37.7 Å². The van der Waals surface area contributed by atoms with Gasteiger partial charge < -0.3 is 19.7 Å². The number of alkyl halides is 3. The average molecular weight is 480 g/mol. The zero-order valence-corrected chi connectivity index (χ0v) is 18.2. The molecule has 34 heavy (non-hydrogen) atoms. The number of carbonyl (C=O) groups is 2. The van der Waals surface area contributed by atoms with Crippen molar-refractivity contribution in [3.63, 3.8) is 0 Å². The molecule has 0 bridgehead atoms. The van der Waals surface area contributed by atoms with Crippen LogP contribution in [0, 0.1) is 11.2 Å². The van der Waals surface area contributed by atoms with Crippen molar-refractivity contribution < 1.29 is 36.6 Å². The summed E-state index contributed by atoms with van der Waals surface area (Å²) in [5.74, 6) is -0.751. The maximum Gasteiger partial charge on any atom is 0.573 e. The molecule has 1 spiro atoms. The first-order valence-corrected chi connectivity index (χ1v) is 11.0. The van der Waals surface area contributed by atoms with Gasteiger partial charge >= 0.3 is 12.5 Å². The second-order valence-electron chi connectivity index (χ2n) is 8.61. The molecule has 4 rings (SSSR count). The number of amides is 2. The molecule has 0 aromatic heterocycles. The molecule has 2 aromatic rings. The summed E-state index contributed by atoms with van der Waals surface area (Å²) in [7, 11) is 0. The van der Waals surface area contributed by atoms with Crippen LogP contribution in [0.3, 0.4) is 0 Å². The summed E-state index contributed by atoms with van der Waals surface area (Å²) in [5, 5.41) is 2.64. The van der Waals surface area contributed by atoms with E-state index in [1.54, 1.807) is 17.0 Å². The summed E-state index contributed by atoms with van der Waals surface area (Å²) in [6.07, 6.45) is -2.79. The standard InChI is InChI=1S/C24H24F4N2O4/c25-17-3-1-16(2-4-17)15-29-22(32)33-19-9-11-23(12-10-19)13-14-30(21(23)31)18-5-7-20(8-6-18)34-24(26,27)28/h1-8,19H,9-15H2,(H,29,32)/t19-,23-. The molecule has 0 radical (unpaired) electrons. The maximum absolute atomic E-state index is 13.2. The van der Waals surface area contributed by atoms with Gasteiger partial charge in [0.2, 0.25) is 5.91 Å². The maximum atomic E-state index is 13.2. The average Bonchev–Trinajstić information content (AvgIpc) is 3.10. The lowest BCUT2D eigenvalue weighted by atomic mass is 9.72. The number of nitrogens with one attached hydrogen (secondary N) is 1. The minimum absolute atomic E-state index is 0.0591. The van der Waals surface area contributed by atoms with E-state index in [1.165, 1.54) is 36.4 Å². The van der Waals surface area contributed by atoms with Crippen molar-refractivity contribution in [1.29, 1.82) is 0 Å². The first-order valence-electron chi connectivity index (χ1n) is 11.0. The molecule has 2 amide bonds. The highest BCUT2D eigenvalue weighted by atomic mass is 19.4. The van der Waals surface area contributed by atoms with Crippen LogP contribution in [0.15, 0.2) is 48.5 Å². The quantitative estimate of drug-likeness (QED) is 0.589. The lowest BCUT2D eigenvalue weighted by Crippen LogP contribution is -2.40. The fourth-order valence-electron chi connectivity index (χ4n) is 4.59. The van der Waals surface area contributed by atoms with E-state index in [9.17, 15) is 27.2 Å². The van der Waals surface area contributed by atoms with E-state index < -0.39 is 17.9 Å². The fraction of sp³-hybridized carbons (Fsp3) is 0.417. The Kier molecular flexibility index (Phi) is 6.67. The highest BCUT2D eigenvalue weighted by Crippen LogP contribution is 2.46. The van der Waals surface area contributed by atoms with Crippen molar-refractivity contribution in [1.82, 2.24) is 5.32 Å². The van der Waals surface area contributed by atoms with Gasteiger partial charge in [-0.05, 0) is 74.1 Å². The van der Waals surface area contributed by atoms with E-state index in [0.29, 0.717) is 44.3 Å². The lowest BCUT2D eigenvalue weighted by Gasteiger charge is -2.35. The molecule has 2 fully saturated rings. The third-order valence-corrected chi connectivity index (χ3v) is 6.41. The van der Waals surface area contributed by atoms with E-state index in [0.717, 1.165) is 5.56 Å². The Morgan fingerprint density at radius 1 is 1.03 bits per heavy atom. The Hall–Kier alpha value is -3.30. The van der Waals surface area contributed by atoms with Gasteiger partial charge in [0.1, 0.15) is 17.7 Å². The highest BCUT2D eigenvalue weighted by molar-refractivity contribution is 6.00. The predicted octanol–water partition coefficient (Wildman–Crippen LogP) is 5.32. The van der Waals surface area contributed by atoms with Crippen LogP contribution in [0.4, 0.5) is 28.0 Å². The Morgan fingerprint density at radius 2 is 1.68 bits per heavy atom. The first kappa shape index (κ1) is 23.8. The second-order valence-corrected chi connectivity index (χ2v) is 8.61. The topological polar surface area (TPSA) is 67.9 Å². The number of hydrogen-bond acceptors (Lipinski definition) is 4. The molecule has 2 aromatic carbocycles. The molecule has 0 unspecified atom stereocenters. The molecule has 2 aliphatic rings. The summed E-state index contributed by atoms with van der Waals surface area (Å²) in [6, 6.07) is 11.1. The number of anilines is 1. The second kappa shape index (κ2) is 9.52. The van der Waals surface area contributed by atoms with Crippen molar-refractivity contribution >= 4 is 17.7 Å². The Bertz CT molecular complexity index is 1020. The van der Waals surface area contributed by atoms with Gasteiger partial charge in [0.05, 0.1) is 5.41 Å². The zero-order valence-electron chi connectivity index (χ0n) is 18.2. The normalized spacial score (nSPS) is 22.6. The van der Waals surface area contributed by atoms with Crippen molar-refractivity contribution in [3.8, 4) is 5.75 Å². The zero-order chi connectivity index (χ0) is 24.3. The molecule has 1 aliphatic heterocycles. The summed E-state index contributed by atoms with van der Waals surface area (Å²) in [4.78, 5) is 26.9. The number of carbonyl (C=O) groups excluding carboxylic acids is 2. The molecule has 10 heteroatoms. The molecule has 1 heterocycles. The molecular formula is C24H24F4N2O4. The summed E-state index contributed by atoms with van der Waals surface area (Å²) < 4.78 is 59.4. The van der Waals surface area contributed by atoms with Gasteiger partial charge in [0.15, 0.2) is 0 Å². The first-order chi connectivity index (χ1) is 16.1. The third-order valence-electron chi connectivity index (χ3n) is 6.41. The van der Waals surface area contributed by atoms with Gasteiger partial charge in [-0.15, -0.1) is 13.2 Å². The van der Waals surface area contributed by atoms with Crippen molar-refractivity contribution in [3.05, 3.63) is 59.9 Å². The van der Waals surface area contributed by atoms with Gasteiger partial charge in [-0.3, -0.25) is 4.79 Å². The van der Waals surface area contributed by atoms with Crippen LogP contribution in [0.5, 0.6) is 5.75 Å². The van der Waals surface area contributed by atoms with Crippen LogP contribution in [0.2, 0.25) is 0 Å². The molecule has 182 valence electrons. The molecule has 1 aliphatic carbocycles. The minimum atomic E-state index is -4.77. The van der Waals surface area contributed by atoms with E-state index >= 15 is 0 Å². The number of halogens is 4. The van der Waals surface area contributed by atoms with Crippen LogP contribution < -0.4 is 15.0 Å². The van der Waals surface area contributed by atoms with Crippen molar-refractivity contribution in [2.75, 3.05) is 11.4 Å². The van der Waals surface area contributed by atoms with Gasteiger partial charge in [0.25, 0.3) is 0 Å². The number of ether oxygens (including phenoxy) is 2. The van der Waals surface area contributed by atoms with Gasteiger partial charge in [-0.2, -0.15) is 0 Å². The van der Waals surface area contributed by atoms with E-state index in [1.807, 2.05) is 0 Å². The van der Waals surface area contributed by atoms with Crippen LogP contribution in [-0.2, 0) is 16.1 Å². The molecule has 6 nitrogen and oxygen atoms in total. The Labute approximate surface area is 193 Å². The van der Waals surface area contributed by atoms with Crippen LogP contribution in [0.25, 0.3) is 0 Å². The number of rotatable bonds is 5. The molecular weight excluding hydrogens is 456 g/mol. The van der Waals surface area contributed by atoms with Gasteiger partial charge in [-0.25, -0.2) is 9.18 Å². The van der Waals surface area contributed by atoms with Crippen LogP contribution in [-0.4, -0.2) is 31.0 Å². The fourth-order valence-corrected chi connectivity index (χ4v) is 4.59. The van der Waals surface area contributed by atoms with E-state index in [4.69, 9.17) is 4.74 Å². The smallest absolute Gasteiger partial charge is 0.446 e. The van der Waals surface area contributed by atoms with Crippen molar-refractivity contribution in [2.45, 2.75) is 51.1 Å². The highest BCUT2D eigenvalue weighted by Gasteiger charge is 2.49. The largest absolute Gasteiger partial charge is 0.573 e. The summed E-state index contributed by atoms with van der Waals surface area (Å²) in [6.45, 7) is 0.692. The number of nitrogens with zero attached hydrogens (tertiary/aromatic N) is 1. The summed E-state index contributed by atoms with van der Waals surface area (Å²) >= 11 is 0. The SMILES string of the molecule is O=C(NCc1ccc(F)cc1)O[C@H]1CC[C@@]2(CCN(c3ccc(OC(F)(F)F)cc3)C2=O)CC1. The minimum Gasteiger partial charge on any atom is -0.446 e. The van der Waals surface area contributed by atoms with E-state index in [-0.39, 0.29) is 30.1 Å². The summed E-state index contributed by atoms with van der Waals surface area (Å²) in [5.41, 5.74) is 0.719. The number of benzene rings is 2. The molecule has 1 N–H and O–H groups in total. The van der Waals surface area contributed by atoms with Crippen molar-refractivity contribution in [2.24, 2.45) is 5.41 Å².